The average Bonchev–Trinajstić information content (AvgIpc) is 3.77. The molecular formula is C48H40N2OSi+2. The van der Waals surface area contributed by atoms with Crippen molar-refractivity contribution < 1.29 is 13.6 Å². The van der Waals surface area contributed by atoms with E-state index >= 15 is 0 Å². The van der Waals surface area contributed by atoms with Crippen LogP contribution in [0.4, 0.5) is 0 Å². The molecule has 0 N–H and O–H groups in total. The normalized spacial score (nSPS) is 16.1. The van der Waals surface area contributed by atoms with Gasteiger partial charge in [0.05, 0.1) is 13.6 Å². The van der Waals surface area contributed by atoms with Gasteiger partial charge in [0.1, 0.15) is 27.9 Å². The molecule has 4 heteroatoms. The highest BCUT2D eigenvalue weighted by molar-refractivity contribution is 6.88. The first-order chi connectivity index (χ1) is 25.2. The van der Waals surface area contributed by atoms with Gasteiger partial charge >= 0.3 is 5.66 Å². The zero-order valence-corrected chi connectivity index (χ0v) is 31.3. The fourth-order valence-electron chi connectivity index (χ4n) is 9.71. The molecule has 0 saturated carbocycles. The SMILES string of the molecule is CC(C)Cc1cc[n+]2c(c1)-c1c(ccc3c1oc1ccc4c5ccccc5c5ccccc5c4c13)C21c2ccccc2-c2ccc([Si](C)(C)C)c[n+]21. The van der Waals surface area contributed by atoms with Crippen molar-refractivity contribution >= 4 is 67.5 Å². The van der Waals surface area contributed by atoms with Gasteiger partial charge in [-0.1, -0.05) is 100 Å². The van der Waals surface area contributed by atoms with Gasteiger partial charge in [0, 0.05) is 39.5 Å². The second-order valence-corrected chi connectivity index (χ2v) is 21.5. The molecule has 1 atom stereocenters. The molecule has 6 aromatic carbocycles. The van der Waals surface area contributed by atoms with Crippen molar-refractivity contribution in [3.8, 4) is 22.5 Å². The first-order valence-corrected chi connectivity index (χ1v) is 22.2. The zero-order chi connectivity index (χ0) is 35.1. The summed E-state index contributed by atoms with van der Waals surface area (Å²) in [6.07, 6.45) is 5.86. The molecule has 11 rings (SSSR count). The second-order valence-electron chi connectivity index (χ2n) is 16.4. The fraction of sp³-hybridized carbons (Fsp3) is 0.167. The highest BCUT2D eigenvalue weighted by atomic mass is 28.3. The molecule has 2 aliphatic heterocycles. The number of rotatable bonds is 3. The minimum atomic E-state index is -1.64. The summed E-state index contributed by atoms with van der Waals surface area (Å²) in [5.74, 6) is 0.552. The van der Waals surface area contributed by atoms with Crippen molar-refractivity contribution in [2.75, 3.05) is 0 Å². The largest absolute Gasteiger partial charge is 0.455 e. The predicted octanol–water partition coefficient (Wildman–Crippen LogP) is 10.6. The van der Waals surface area contributed by atoms with Crippen molar-refractivity contribution in [1.29, 1.82) is 0 Å². The van der Waals surface area contributed by atoms with Gasteiger partial charge < -0.3 is 4.42 Å². The van der Waals surface area contributed by atoms with E-state index < -0.39 is 13.7 Å². The van der Waals surface area contributed by atoms with Gasteiger partial charge in [0.15, 0.2) is 12.4 Å². The molecule has 250 valence electrons. The highest BCUT2D eigenvalue weighted by Crippen LogP contribution is 2.51. The molecule has 0 saturated heterocycles. The highest BCUT2D eigenvalue weighted by Gasteiger charge is 2.67. The summed E-state index contributed by atoms with van der Waals surface area (Å²) in [5.41, 5.74) is 10.2. The second kappa shape index (κ2) is 10.3. The number of fused-ring (bicyclic) bond motifs is 21. The van der Waals surface area contributed by atoms with Crippen LogP contribution in [-0.4, -0.2) is 8.07 Å². The lowest BCUT2D eigenvalue weighted by atomic mass is 9.88. The molecule has 1 spiro atoms. The quantitative estimate of drug-likeness (QED) is 0.103. The standard InChI is InChI=1S/C48H40N2OSi/c1-29(2)26-30-24-25-49-42(27-30)46-40(48(49)39-17-11-10-16-37(39)41-22-18-31(28-50(41)48)52(3,4)5)21-19-38-45-43(51-47(38)46)23-20-36-34-14-7-6-12-32(34)33-13-8-9-15-35(33)44(36)45/h6-25,27-29H,26H2,1-5H3/q+2. The van der Waals surface area contributed by atoms with Crippen molar-refractivity contribution in [2.45, 2.75) is 45.6 Å². The number of nitrogens with zero attached hydrogens (tertiary/aromatic N) is 2. The van der Waals surface area contributed by atoms with E-state index in [9.17, 15) is 0 Å². The Labute approximate surface area is 304 Å². The van der Waals surface area contributed by atoms with Crippen LogP contribution in [0.1, 0.15) is 30.5 Å². The van der Waals surface area contributed by atoms with Gasteiger partial charge in [0.2, 0.25) is 11.4 Å². The number of hydrogen-bond donors (Lipinski definition) is 0. The molecule has 52 heavy (non-hydrogen) atoms. The molecule has 0 radical (unpaired) electrons. The molecular weight excluding hydrogens is 649 g/mol. The van der Waals surface area contributed by atoms with E-state index in [0.29, 0.717) is 5.92 Å². The van der Waals surface area contributed by atoms with Gasteiger partial charge in [-0.2, -0.15) is 0 Å². The Balaban J connectivity index is 1.32. The Morgan fingerprint density at radius 3 is 2.04 bits per heavy atom. The van der Waals surface area contributed by atoms with Crippen LogP contribution < -0.4 is 14.3 Å². The zero-order valence-electron chi connectivity index (χ0n) is 30.3. The van der Waals surface area contributed by atoms with Crippen molar-refractivity contribution in [1.82, 2.24) is 0 Å². The summed E-state index contributed by atoms with van der Waals surface area (Å²) in [6.45, 7) is 12.0. The van der Waals surface area contributed by atoms with Crippen LogP contribution in [0.3, 0.4) is 0 Å². The van der Waals surface area contributed by atoms with E-state index in [-0.39, 0.29) is 0 Å². The monoisotopic (exact) mass is 688 g/mol. The van der Waals surface area contributed by atoms with Gasteiger partial charge in [0.25, 0.3) is 0 Å². The minimum absolute atomic E-state index is 0.552. The third-order valence-corrected chi connectivity index (χ3v) is 13.9. The third kappa shape index (κ3) is 3.75. The summed E-state index contributed by atoms with van der Waals surface area (Å²) in [5, 5.41) is 11.5. The molecule has 9 aromatic rings. The lowest BCUT2D eigenvalue weighted by molar-refractivity contribution is -0.954. The van der Waals surface area contributed by atoms with Gasteiger partial charge in [-0.25, -0.2) is 0 Å². The molecule has 1 unspecified atom stereocenters. The summed E-state index contributed by atoms with van der Waals surface area (Å²) in [6, 6.07) is 45.6. The lowest BCUT2D eigenvalue weighted by Crippen LogP contribution is -2.72. The van der Waals surface area contributed by atoms with E-state index in [4.69, 9.17) is 4.42 Å². The molecule has 2 aliphatic rings. The third-order valence-electron chi connectivity index (χ3n) is 11.9. The molecule has 0 amide bonds. The molecule has 0 bridgehead atoms. The van der Waals surface area contributed by atoms with Crippen LogP contribution in [-0.2, 0) is 12.1 Å². The van der Waals surface area contributed by atoms with Crippen LogP contribution in [0, 0.1) is 5.92 Å². The Kier molecular flexibility index (Phi) is 5.94. The number of hydrogen-bond acceptors (Lipinski definition) is 1. The summed E-state index contributed by atoms with van der Waals surface area (Å²) >= 11 is 0. The summed E-state index contributed by atoms with van der Waals surface area (Å²) in [7, 11) is -1.64. The number of aromatic nitrogens is 2. The van der Waals surface area contributed by atoms with Crippen LogP contribution >= 0.6 is 0 Å². The molecule has 0 fully saturated rings. The minimum Gasteiger partial charge on any atom is -0.455 e. The number of furan rings is 1. The van der Waals surface area contributed by atoms with Gasteiger partial charge in [-0.15, -0.1) is 9.13 Å². The maximum Gasteiger partial charge on any atom is 0.417 e. The lowest BCUT2D eigenvalue weighted by Gasteiger charge is -2.20. The van der Waals surface area contributed by atoms with Crippen LogP contribution in [0.5, 0.6) is 0 Å². The molecule has 0 aliphatic carbocycles. The van der Waals surface area contributed by atoms with Crippen molar-refractivity contribution in [2.24, 2.45) is 5.92 Å². The predicted molar refractivity (Wildman–Crippen MR) is 217 cm³/mol. The number of pyridine rings is 2. The molecule has 3 nitrogen and oxygen atoms in total. The van der Waals surface area contributed by atoms with E-state index in [1.807, 2.05) is 0 Å². The first kappa shape index (κ1) is 30.1. The molecule has 5 heterocycles. The summed E-state index contributed by atoms with van der Waals surface area (Å²) in [4.78, 5) is 0. The Morgan fingerprint density at radius 1 is 0.615 bits per heavy atom. The Morgan fingerprint density at radius 2 is 1.29 bits per heavy atom. The van der Waals surface area contributed by atoms with Gasteiger partial charge in [-0.05, 0) is 81.2 Å². The smallest absolute Gasteiger partial charge is 0.417 e. The van der Waals surface area contributed by atoms with E-state index in [2.05, 4.69) is 176 Å². The van der Waals surface area contributed by atoms with E-state index in [0.717, 1.165) is 17.6 Å². The fourth-order valence-corrected chi connectivity index (χ4v) is 10.8. The number of benzene rings is 6. The topological polar surface area (TPSA) is 20.9 Å². The first-order valence-electron chi connectivity index (χ1n) is 18.7. The molecule has 3 aromatic heterocycles. The van der Waals surface area contributed by atoms with Crippen molar-refractivity contribution in [3.63, 3.8) is 0 Å². The van der Waals surface area contributed by atoms with E-state index in [1.54, 1.807) is 0 Å². The van der Waals surface area contributed by atoms with E-state index in [1.165, 1.54) is 87.5 Å². The van der Waals surface area contributed by atoms with Crippen LogP contribution in [0.25, 0.3) is 76.8 Å². The maximum atomic E-state index is 7.18. The average molecular weight is 689 g/mol. The summed E-state index contributed by atoms with van der Waals surface area (Å²) < 4.78 is 12.3. The Bertz CT molecular complexity index is 2980. The van der Waals surface area contributed by atoms with Crippen LogP contribution in [0.2, 0.25) is 19.6 Å². The van der Waals surface area contributed by atoms with Gasteiger partial charge in [-0.3, -0.25) is 0 Å². The van der Waals surface area contributed by atoms with Crippen molar-refractivity contribution in [3.05, 3.63) is 150 Å². The Hall–Kier alpha value is -5.58. The maximum absolute atomic E-state index is 7.18. The van der Waals surface area contributed by atoms with Crippen LogP contribution in [0.15, 0.2) is 138 Å².